The lowest BCUT2D eigenvalue weighted by Gasteiger charge is -2.28. The van der Waals surface area contributed by atoms with Gasteiger partial charge in [0.05, 0.1) is 13.0 Å². The lowest BCUT2D eigenvalue weighted by atomic mass is 10.0. The molecule has 0 aliphatic carbocycles. The Hall–Kier alpha value is -5.19. The van der Waals surface area contributed by atoms with Gasteiger partial charge in [-0.15, -0.1) is 0 Å². The zero-order valence-electron chi connectivity index (χ0n) is 31.7. The average Bonchev–Trinajstić information content (AvgIpc) is 3.08. The Labute approximate surface area is 318 Å². The summed E-state index contributed by atoms with van der Waals surface area (Å²) in [5.74, 6) is -2.79. The predicted octanol–water partition coefficient (Wildman–Crippen LogP) is 2.72. The molecule has 0 saturated carbocycles. The number of nitrogens with one attached hydrogen (secondary N) is 3. The van der Waals surface area contributed by atoms with Gasteiger partial charge in [-0.3, -0.25) is 23.4 Å². The quantitative estimate of drug-likeness (QED) is 0.0921. The minimum absolute atomic E-state index is 0.00423. The third-order valence-corrected chi connectivity index (χ3v) is 8.27. The second-order valence-electron chi connectivity index (χ2n) is 13.3. The van der Waals surface area contributed by atoms with Crippen LogP contribution in [-0.2, 0) is 61.8 Å². The minimum Gasteiger partial charge on any atom is -0.508 e. The number of amides is 4. The maximum Gasteiger partial charge on any atom is 0.511 e. The number of benzene rings is 2. The van der Waals surface area contributed by atoms with Crippen molar-refractivity contribution in [3.05, 3.63) is 65.7 Å². The van der Waals surface area contributed by atoms with E-state index in [1.807, 2.05) is 0 Å². The number of hydrogen-bond acceptors (Lipinski definition) is 12. The van der Waals surface area contributed by atoms with Crippen molar-refractivity contribution in [2.75, 3.05) is 32.2 Å². The normalized spacial score (nSPS) is 13.8. The summed E-state index contributed by atoms with van der Waals surface area (Å²) in [6.07, 6.45) is -1.98. The van der Waals surface area contributed by atoms with Gasteiger partial charge in [0.1, 0.15) is 29.5 Å². The number of ether oxygens (including phenoxy) is 4. The fourth-order valence-electron chi connectivity index (χ4n) is 4.86. The van der Waals surface area contributed by atoms with Gasteiger partial charge in [-0.1, -0.05) is 42.5 Å². The van der Waals surface area contributed by atoms with Gasteiger partial charge in [-0.05, 0) is 57.4 Å². The van der Waals surface area contributed by atoms with Crippen LogP contribution in [0.15, 0.2) is 54.6 Å². The molecule has 298 valence electrons. The monoisotopic (exact) mass is 776 g/mol. The van der Waals surface area contributed by atoms with Gasteiger partial charge in [0.25, 0.3) is 0 Å². The van der Waals surface area contributed by atoms with E-state index in [-0.39, 0.29) is 50.3 Å². The second kappa shape index (κ2) is 22.1. The van der Waals surface area contributed by atoms with Gasteiger partial charge >= 0.3 is 18.2 Å². The smallest absolute Gasteiger partial charge is 0.508 e. The van der Waals surface area contributed by atoms with Crippen LogP contribution >= 0.6 is 0 Å². The molecule has 2 aromatic rings. The number of likely N-dealkylation sites (N-methyl/N-ethyl adjacent to an activating group) is 1. The highest BCUT2D eigenvalue weighted by Gasteiger charge is 2.32. The first-order valence-corrected chi connectivity index (χ1v) is 19.1. The Morgan fingerprint density at radius 2 is 1.41 bits per heavy atom. The number of esters is 1. The number of nitrogens with zero attached hydrogens (tertiary/aromatic N) is 1. The minimum atomic E-state index is -1.36. The van der Waals surface area contributed by atoms with Crippen LogP contribution in [0, 0.1) is 0 Å². The maximum absolute atomic E-state index is 13.9. The van der Waals surface area contributed by atoms with Crippen LogP contribution < -0.4 is 16.0 Å². The number of carbonyl (C=O) groups is 6. The highest BCUT2D eigenvalue weighted by atomic mass is 32.2. The largest absolute Gasteiger partial charge is 0.511 e. The van der Waals surface area contributed by atoms with Crippen LogP contribution in [0.1, 0.15) is 58.6 Å². The second-order valence-corrected chi connectivity index (χ2v) is 14.9. The molecular formula is C37H52N4O12S. The molecule has 2 aromatic carbocycles. The van der Waals surface area contributed by atoms with E-state index in [9.17, 15) is 38.1 Å². The van der Waals surface area contributed by atoms with E-state index in [0.717, 1.165) is 0 Å². The van der Waals surface area contributed by atoms with E-state index in [0.29, 0.717) is 11.1 Å². The summed E-state index contributed by atoms with van der Waals surface area (Å²) in [7, 11) is 0.0810. The van der Waals surface area contributed by atoms with E-state index in [2.05, 4.69) is 20.7 Å². The average molecular weight is 777 g/mol. The summed E-state index contributed by atoms with van der Waals surface area (Å²) < 4.78 is 32.0. The van der Waals surface area contributed by atoms with Crippen molar-refractivity contribution in [3.63, 3.8) is 0 Å². The van der Waals surface area contributed by atoms with E-state index in [1.165, 1.54) is 37.3 Å². The molecule has 2 unspecified atom stereocenters. The van der Waals surface area contributed by atoms with Gasteiger partial charge in [0, 0.05) is 56.2 Å². The molecule has 0 heterocycles. The van der Waals surface area contributed by atoms with E-state index >= 15 is 0 Å². The van der Waals surface area contributed by atoms with Gasteiger partial charge < -0.3 is 44.9 Å². The molecule has 0 aliphatic heterocycles. The molecule has 5 atom stereocenters. The molecule has 0 saturated heterocycles. The molecule has 0 spiro atoms. The van der Waals surface area contributed by atoms with E-state index in [1.54, 1.807) is 70.2 Å². The molecule has 0 aromatic heterocycles. The zero-order valence-corrected chi connectivity index (χ0v) is 32.6. The Kier molecular flexibility index (Phi) is 18.4. The molecule has 4 amide bonds. The number of phenolic OH excluding ortho intramolecular Hbond substituents is 1. The first-order valence-electron chi connectivity index (χ1n) is 17.4. The summed E-state index contributed by atoms with van der Waals surface area (Å²) >= 11 is 0. The molecule has 0 bridgehead atoms. The highest BCUT2D eigenvalue weighted by Crippen LogP contribution is 2.14. The number of carbonyl (C=O) groups excluding carboxylic acids is 6. The number of hydrogen-bond donors (Lipinski definition) is 4. The van der Waals surface area contributed by atoms with Crippen molar-refractivity contribution >= 4 is 46.7 Å². The molecule has 16 nitrogen and oxygen atoms in total. The van der Waals surface area contributed by atoms with Gasteiger partial charge in [0.2, 0.25) is 24.0 Å². The van der Waals surface area contributed by atoms with Crippen molar-refractivity contribution in [1.82, 2.24) is 20.9 Å². The van der Waals surface area contributed by atoms with Gasteiger partial charge in [-0.25, -0.2) is 9.59 Å². The van der Waals surface area contributed by atoms with Gasteiger partial charge in [0.15, 0.2) is 0 Å². The van der Waals surface area contributed by atoms with E-state index < -0.39 is 76.8 Å². The lowest BCUT2D eigenvalue weighted by molar-refractivity contribution is -0.168. The highest BCUT2D eigenvalue weighted by molar-refractivity contribution is 7.84. The SMILES string of the molecule is CCOC(=O)OC(C)OC(=O)CCN(C)C(=O)[C@H](Cc1ccccc1)NC(=O)[C@@H](CCS(C)=O)NC(=O)[C@H](Cc1ccc(O)cc1)NC(=O)OC(C)(C)C. The van der Waals surface area contributed by atoms with Crippen molar-refractivity contribution in [3.8, 4) is 5.75 Å². The standard InChI is InChI=1S/C37H52N4O12S/c1-8-50-36(48)52-24(2)51-31(43)18-20-41(6)34(46)30(23-25-12-10-9-11-13-25)39-32(44)28(19-21-54(7)49)38-33(45)29(40-35(47)53-37(3,4)5)22-26-14-16-27(42)17-15-26/h9-17,24,28-30,42H,8,18-23H2,1-7H3,(H,38,45)(H,39,44)(H,40,47)/t24?,28-,29+,30+,54?/m1/s1. The van der Waals surface area contributed by atoms with Crippen molar-refractivity contribution in [2.24, 2.45) is 0 Å². The third-order valence-electron chi connectivity index (χ3n) is 7.46. The van der Waals surface area contributed by atoms with E-state index in [4.69, 9.17) is 14.2 Å². The predicted molar refractivity (Wildman–Crippen MR) is 198 cm³/mol. The summed E-state index contributed by atoms with van der Waals surface area (Å²) in [6, 6.07) is 11.2. The van der Waals surface area contributed by atoms with Crippen LogP contribution in [0.5, 0.6) is 5.75 Å². The molecule has 4 N–H and O–H groups in total. The van der Waals surface area contributed by atoms with Gasteiger partial charge in [-0.2, -0.15) is 0 Å². The van der Waals surface area contributed by atoms with Crippen LogP contribution in [-0.4, -0.2) is 112 Å². The summed E-state index contributed by atoms with van der Waals surface area (Å²) in [5, 5.41) is 17.6. The van der Waals surface area contributed by atoms with Crippen LogP contribution in [0.25, 0.3) is 0 Å². The topological polar surface area (TPSA) is 216 Å². The third kappa shape index (κ3) is 17.6. The van der Waals surface area contributed by atoms with Crippen LogP contribution in [0.2, 0.25) is 0 Å². The molecule has 0 fully saturated rings. The zero-order chi connectivity index (χ0) is 40.4. The lowest BCUT2D eigenvalue weighted by Crippen LogP contribution is -2.58. The first-order chi connectivity index (χ1) is 25.4. The number of rotatable bonds is 19. The molecule has 0 radical (unpaired) electrons. The Morgan fingerprint density at radius 3 is 2.00 bits per heavy atom. The van der Waals surface area contributed by atoms with Crippen LogP contribution in [0.4, 0.5) is 9.59 Å². The molecule has 2 rings (SSSR count). The fourth-order valence-corrected chi connectivity index (χ4v) is 5.43. The maximum atomic E-state index is 13.9. The Balaban J connectivity index is 2.28. The molecule has 17 heteroatoms. The number of phenols is 1. The molecule has 54 heavy (non-hydrogen) atoms. The summed E-state index contributed by atoms with van der Waals surface area (Å²) in [6.45, 7) is 7.86. The fraction of sp³-hybridized carbons (Fsp3) is 0.514. The molecule has 0 aliphatic rings. The Morgan fingerprint density at radius 1 is 0.833 bits per heavy atom. The van der Waals surface area contributed by atoms with Crippen molar-refractivity contribution in [2.45, 2.75) is 90.3 Å². The number of alkyl carbamates (subject to hydrolysis) is 1. The first kappa shape index (κ1) is 45.0. The summed E-state index contributed by atoms with van der Waals surface area (Å²) in [5.41, 5.74) is 0.419. The Bertz CT molecular complexity index is 1580. The molecular weight excluding hydrogens is 724 g/mol. The van der Waals surface area contributed by atoms with Crippen molar-refractivity contribution < 1.29 is 57.0 Å². The number of aromatic hydroxyl groups is 1. The van der Waals surface area contributed by atoms with Crippen LogP contribution in [0.3, 0.4) is 0 Å². The summed E-state index contributed by atoms with van der Waals surface area (Å²) in [4.78, 5) is 79.4. The van der Waals surface area contributed by atoms with Crippen molar-refractivity contribution in [1.29, 1.82) is 0 Å².